The molecule has 1 aliphatic rings. The van der Waals surface area contributed by atoms with Crippen molar-refractivity contribution in [2.75, 3.05) is 10.5 Å². The molecule has 2 aromatic heterocycles. The number of fused-ring (bicyclic) bond motifs is 1. The van der Waals surface area contributed by atoms with Gasteiger partial charge in [0.2, 0.25) is 0 Å². The summed E-state index contributed by atoms with van der Waals surface area (Å²) in [6.45, 7) is 0. The number of nitrogen functional groups attached to an aromatic ring is 1. The van der Waals surface area contributed by atoms with Gasteiger partial charge in [-0.2, -0.15) is 0 Å². The van der Waals surface area contributed by atoms with E-state index >= 15 is 0 Å². The average Bonchev–Trinajstić information content (AvgIpc) is 3.62. The first-order chi connectivity index (χ1) is 18.9. The Morgan fingerprint density at radius 2 is 1.62 bits per heavy atom. The number of nitrogens with zero attached hydrogens (tertiary/aromatic N) is 3. The van der Waals surface area contributed by atoms with Crippen LogP contribution in [0.2, 0.25) is 0 Å². The largest absolute Gasteiger partial charge is 0.383 e. The van der Waals surface area contributed by atoms with E-state index in [2.05, 4.69) is 14.7 Å². The zero-order chi connectivity index (χ0) is 27.0. The molecule has 6 rings (SSSR count). The molecule has 0 spiro atoms. The van der Waals surface area contributed by atoms with Gasteiger partial charge in [0.05, 0.1) is 15.8 Å². The number of rotatable bonds is 7. The van der Waals surface area contributed by atoms with E-state index in [0.29, 0.717) is 22.2 Å². The van der Waals surface area contributed by atoms with Gasteiger partial charge in [-0.1, -0.05) is 67.4 Å². The van der Waals surface area contributed by atoms with Crippen LogP contribution in [0.1, 0.15) is 47.6 Å². The monoisotopic (exact) mass is 537 g/mol. The molecule has 3 N–H and O–H groups in total. The number of anilines is 2. The maximum atomic E-state index is 13.7. The van der Waals surface area contributed by atoms with Crippen LogP contribution in [-0.4, -0.2) is 28.7 Å². The van der Waals surface area contributed by atoms with E-state index in [1.54, 1.807) is 42.5 Å². The van der Waals surface area contributed by atoms with Gasteiger partial charge < -0.3 is 10.3 Å². The molecule has 0 aliphatic heterocycles. The molecule has 9 heteroatoms. The van der Waals surface area contributed by atoms with Crippen LogP contribution in [0.3, 0.4) is 0 Å². The van der Waals surface area contributed by atoms with Crippen molar-refractivity contribution in [2.45, 2.75) is 36.6 Å². The minimum atomic E-state index is -3.87. The number of nitrogens with one attached hydrogen (secondary N) is 1. The standard InChI is InChI=1S/C30H27N5O3S/c31-29-27-26(18-35(24-11-4-5-12-24)30(27)33-19-32-29)28(36)22-9-6-10-23(17-22)34-39(37,38)25-15-13-21(14-16-25)20-7-2-1-3-8-20/h1-3,6-10,13-19,24,34H,4-5,11-12H2,(H2,31,32,33). The molecular weight excluding hydrogens is 510 g/mol. The first kappa shape index (κ1) is 24.8. The van der Waals surface area contributed by atoms with Gasteiger partial charge in [0.25, 0.3) is 10.0 Å². The molecule has 0 bridgehead atoms. The molecule has 2 heterocycles. The molecule has 1 fully saturated rings. The predicted octanol–water partition coefficient (Wildman–Crippen LogP) is 5.83. The third kappa shape index (κ3) is 4.77. The van der Waals surface area contributed by atoms with E-state index in [9.17, 15) is 13.2 Å². The summed E-state index contributed by atoms with van der Waals surface area (Å²) in [5.74, 6) is -0.0255. The van der Waals surface area contributed by atoms with Gasteiger partial charge in [0.15, 0.2) is 5.78 Å². The van der Waals surface area contributed by atoms with Gasteiger partial charge in [0, 0.05) is 23.5 Å². The molecule has 8 nitrogen and oxygen atoms in total. The zero-order valence-electron chi connectivity index (χ0n) is 21.1. The summed E-state index contributed by atoms with van der Waals surface area (Å²) in [5, 5.41) is 0.527. The van der Waals surface area contributed by atoms with Gasteiger partial charge >= 0.3 is 0 Å². The lowest BCUT2D eigenvalue weighted by Crippen LogP contribution is -2.13. The van der Waals surface area contributed by atoms with Gasteiger partial charge in [-0.15, -0.1) is 0 Å². The molecular formula is C30H27N5O3S. The van der Waals surface area contributed by atoms with Crippen molar-refractivity contribution in [1.29, 1.82) is 0 Å². The van der Waals surface area contributed by atoms with E-state index in [1.807, 2.05) is 41.1 Å². The summed E-state index contributed by atoms with van der Waals surface area (Å²) in [6, 6.07) is 23.2. The van der Waals surface area contributed by atoms with Gasteiger partial charge in [-0.05, 0) is 48.2 Å². The smallest absolute Gasteiger partial charge is 0.261 e. The summed E-state index contributed by atoms with van der Waals surface area (Å²) in [4.78, 5) is 22.4. The van der Waals surface area contributed by atoms with Gasteiger partial charge in [-0.25, -0.2) is 18.4 Å². The van der Waals surface area contributed by atoms with E-state index < -0.39 is 10.0 Å². The highest BCUT2D eigenvalue weighted by molar-refractivity contribution is 7.92. The predicted molar refractivity (Wildman–Crippen MR) is 152 cm³/mol. The normalized spacial score (nSPS) is 14.1. The molecule has 0 amide bonds. The van der Waals surface area contributed by atoms with Crippen LogP contribution >= 0.6 is 0 Å². The Bertz CT molecular complexity index is 1780. The van der Waals surface area contributed by atoms with Crippen LogP contribution in [0.4, 0.5) is 11.5 Å². The molecule has 0 radical (unpaired) electrons. The molecule has 0 unspecified atom stereocenters. The summed E-state index contributed by atoms with van der Waals surface area (Å²) in [7, 11) is -3.87. The fraction of sp³-hybridized carbons (Fsp3) is 0.167. The first-order valence-electron chi connectivity index (χ1n) is 12.8. The Labute approximate surface area is 226 Å². The van der Waals surface area contributed by atoms with Crippen molar-refractivity contribution in [3.05, 3.63) is 103 Å². The van der Waals surface area contributed by atoms with E-state index in [1.165, 1.54) is 12.4 Å². The van der Waals surface area contributed by atoms with Gasteiger partial charge in [0.1, 0.15) is 17.8 Å². The van der Waals surface area contributed by atoms with Crippen LogP contribution < -0.4 is 10.5 Å². The van der Waals surface area contributed by atoms with Crippen molar-refractivity contribution in [3.8, 4) is 11.1 Å². The molecule has 3 aromatic carbocycles. The molecule has 0 atom stereocenters. The topological polar surface area (TPSA) is 120 Å². The van der Waals surface area contributed by atoms with E-state index in [-0.39, 0.29) is 28.2 Å². The number of benzene rings is 3. The number of ketones is 1. The fourth-order valence-electron chi connectivity index (χ4n) is 5.29. The molecule has 0 saturated heterocycles. The SMILES string of the molecule is Nc1ncnc2c1c(C(=O)c1cccc(NS(=O)(=O)c3ccc(-c4ccccc4)cc3)c1)cn2C1CCCC1. The number of nitrogens with two attached hydrogens (primary N) is 1. The lowest BCUT2D eigenvalue weighted by Gasteiger charge is -2.12. The number of aromatic nitrogens is 3. The first-order valence-corrected chi connectivity index (χ1v) is 14.3. The lowest BCUT2D eigenvalue weighted by molar-refractivity contribution is 0.104. The molecule has 1 saturated carbocycles. The summed E-state index contributed by atoms with van der Waals surface area (Å²) in [5.41, 5.74) is 9.80. The van der Waals surface area contributed by atoms with Crippen molar-refractivity contribution < 1.29 is 13.2 Å². The second-order valence-electron chi connectivity index (χ2n) is 9.75. The second kappa shape index (κ2) is 9.99. The number of sulfonamides is 1. The number of hydrogen-bond acceptors (Lipinski definition) is 6. The van der Waals surface area contributed by atoms with E-state index in [0.717, 1.165) is 36.8 Å². The maximum Gasteiger partial charge on any atom is 0.261 e. The number of carbonyl (C=O) groups excluding carboxylic acids is 1. The van der Waals surface area contributed by atoms with Crippen LogP contribution in [0.5, 0.6) is 0 Å². The van der Waals surface area contributed by atoms with Gasteiger partial charge in [-0.3, -0.25) is 9.52 Å². The quantitative estimate of drug-likeness (QED) is 0.252. The molecule has 5 aromatic rings. The molecule has 196 valence electrons. The highest BCUT2D eigenvalue weighted by Gasteiger charge is 2.26. The Morgan fingerprint density at radius 1 is 0.897 bits per heavy atom. The second-order valence-corrected chi connectivity index (χ2v) is 11.4. The lowest BCUT2D eigenvalue weighted by atomic mass is 10.0. The minimum Gasteiger partial charge on any atom is -0.383 e. The minimum absolute atomic E-state index is 0.128. The average molecular weight is 538 g/mol. The number of carbonyl (C=O) groups is 1. The summed E-state index contributed by atoms with van der Waals surface area (Å²) < 4.78 is 30.9. The number of hydrogen-bond donors (Lipinski definition) is 2. The highest BCUT2D eigenvalue weighted by atomic mass is 32.2. The maximum absolute atomic E-state index is 13.7. The third-order valence-corrected chi connectivity index (χ3v) is 8.65. The Kier molecular flexibility index (Phi) is 6.36. The van der Waals surface area contributed by atoms with Crippen molar-refractivity contribution in [2.24, 2.45) is 0 Å². The highest BCUT2D eigenvalue weighted by Crippen LogP contribution is 2.35. The van der Waals surface area contributed by atoms with E-state index in [4.69, 9.17) is 5.73 Å². The van der Waals surface area contributed by atoms with Crippen molar-refractivity contribution >= 4 is 38.3 Å². The zero-order valence-corrected chi connectivity index (χ0v) is 21.9. The van der Waals surface area contributed by atoms with Crippen LogP contribution in [0.25, 0.3) is 22.2 Å². The van der Waals surface area contributed by atoms with Crippen LogP contribution in [0, 0.1) is 0 Å². The fourth-order valence-corrected chi connectivity index (χ4v) is 6.34. The van der Waals surface area contributed by atoms with Crippen LogP contribution in [-0.2, 0) is 10.0 Å². The van der Waals surface area contributed by atoms with Crippen molar-refractivity contribution in [1.82, 2.24) is 14.5 Å². The Morgan fingerprint density at radius 3 is 2.36 bits per heavy atom. The Balaban J connectivity index is 1.29. The van der Waals surface area contributed by atoms with Crippen LogP contribution in [0.15, 0.2) is 96.3 Å². The summed E-state index contributed by atoms with van der Waals surface area (Å²) >= 11 is 0. The Hall–Kier alpha value is -4.50. The third-order valence-electron chi connectivity index (χ3n) is 7.25. The summed E-state index contributed by atoms with van der Waals surface area (Å²) in [6.07, 6.45) is 7.53. The molecule has 1 aliphatic carbocycles. The van der Waals surface area contributed by atoms with Crippen molar-refractivity contribution in [3.63, 3.8) is 0 Å². The molecule has 39 heavy (non-hydrogen) atoms.